The molecule has 3 nitrogen and oxygen atoms in total. The topological polar surface area (TPSA) is 28.4 Å². The van der Waals surface area contributed by atoms with Crippen LogP contribution < -0.4 is 10.2 Å². The molecule has 0 fully saturated rings. The van der Waals surface area contributed by atoms with E-state index in [1.807, 2.05) is 6.07 Å². The summed E-state index contributed by atoms with van der Waals surface area (Å²) in [6.07, 6.45) is 1.69. The number of hydrogen-bond acceptors (Lipinski definition) is 3. The van der Waals surface area contributed by atoms with E-state index in [0.29, 0.717) is 6.54 Å². The van der Waals surface area contributed by atoms with Crippen molar-refractivity contribution in [3.05, 3.63) is 46.8 Å². The Balaban J connectivity index is 1.97. The molecule has 1 heterocycles. The summed E-state index contributed by atoms with van der Waals surface area (Å²) < 4.78 is 6.36. The van der Waals surface area contributed by atoms with Crippen LogP contribution in [0.5, 0.6) is 0 Å². The fourth-order valence-corrected chi connectivity index (χ4v) is 2.35. The van der Waals surface area contributed by atoms with E-state index in [-0.39, 0.29) is 0 Å². The maximum atomic E-state index is 5.37. The van der Waals surface area contributed by atoms with Gasteiger partial charge >= 0.3 is 0 Å². The summed E-state index contributed by atoms with van der Waals surface area (Å²) in [4.78, 5) is 2.33. The van der Waals surface area contributed by atoms with Gasteiger partial charge in [-0.3, -0.25) is 0 Å². The lowest BCUT2D eigenvalue weighted by atomic mass is 10.2. The van der Waals surface area contributed by atoms with Crippen molar-refractivity contribution in [1.82, 2.24) is 0 Å². The number of halogens is 1. The number of nitrogens with zero attached hydrogens (tertiary/aromatic N) is 1. The minimum absolute atomic E-state index is 0.679. The molecule has 0 aliphatic heterocycles. The quantitative estimate of drug-likeness (QED) is 0.848. The Morgan fingerprint density at radius 3 is 2.32 bits per heavy atom. The smallest absolute Gasteiger partial charge is 0.136 e. The second kappa shape index (κ2) is 6.66. The summed E-state index contributed by atoms with van der Waals surface area (Å²) >= 11 is 3.45. The first-order chi connectivity index (χ1) is 9.24. The van der Waals surface area contributed by atoms with Crippen LogP contribution in [0.2, 0.25) is 0 Å². The molecule has 0 unspecified atom stereocenters. The highest BCUT2D eigenvalue weighted by molar-refractivity contribution is 9.10. The number of hydrogen-bond donors (Lipinski definition) is 1. The van der Waals surface area contributed by atoms with Gasteiger partial charge in [0, 0.05) is 24.5 Å². The highest BCUT2D eigenvalue weighted by Crippen LogP contribution is 2.21. The number of benzene rings is 1. The zero-order chi connectivity index (χ0) is 13.7. The van der Waals surface area contributed by atoms with Crippen LogP contribution >= 0.6 is 15.9 Å². The van der Waals surface area contributed by atoms with Gasteiger partial charge in [0.15, 0.2) is 0 Å². The Bertz CT molecular complexity index is 503. The molecule has 0 spiro atoms. The first kappa shape index (κ1) is 14.0. The summed E-state index contributed by atoms with van der Waals surface area (Å²) in [5.74, 6) is 0.910. The van der Waals surface area contributed by atoms with E-state index in [9.17, 15) is 0 Å². The van der Waals surface area contributed by atoms with Crippen LogP contribution in [0.25, 0.3) is 0 Å². The molecule has 0 bridgehead atoms. The molecule has 0 atom stereocenters. The van der Waals surface area contributed by atoms with Crippen LogP contribution in [0.4, 0.5) is 11.4 Å². The lowest BCUT2D eigenvalue weighted by molar-refractivity contribution is 0.516. The lowest BCUT2D eigenvalue weighted by Crippen LogP contribution is -2.21. The highest BCUT2D eigenvalue weighted by Gasteiger charge is 2.04. The van der Waals surface area contributed by atoms with Crippen LogP contribution in [0.15, 0.2) is 45.5 Å². The Morgan fingerprint density at radius 2 is 1.79 bits per heavy atom. The standard InChI is InChI=1S/C15H19BrN2O/c1-3-18(4-2)13-7-5-12(6-8-13)17-11-15-14(16)9-10-19-15/h5-10,17H,3-4,11H2,1-2H3. The van der Waals surface area contributed by atoms with Crippen molar-refractivity contribution in [2.24, 2.45) is 0 Å². The van der Waals surface area contributed by atoms with Crippen LogP contribution in [-0.2, 0) is 6.54 Å². The van der Waals surface area contributed by atoms with E-state index >= 15 is 0 Å². The highest BCUT2D eigenvalue weighted by atomic mass is 79.9. The molecule has 0 aliphatic carbocycles. The van der Waals surface area contributed by atoms with E-state index in [1.54, 1.807) is 6.26 Å². The molecule has 0 amide bonds. The summed E-state index contributed by atoms with van der Waals surface area (Å²) in [6.45, 7) is 7.08. The van der Waals surface area contributed by atoms with Crippen LogP contribution in [-0.4, -0.2) is 13.1 Å². The molecular weight excluding hydrogens is 304 g/mol. The minimum atomic E-state index is 0.679. The normalized spacial score (nSPS) is 10.5. The first-order valence-electron chi connectivity index (χ1n) is 6.55. The third kappa shape index (κ3) is 3.53. The number of anilines is 2. The largest absolute Gasteiger partial charge is 0.466 e. The van der Waals surface area contributed by atoms with Gasteiger partial charge in [-0.25, -0.2) is 0 Å². The zero-order valence-electron chi connectivity index (χ0n) is 11.3. The molecule has 1 aromatic carbocycles. The van der Waals surface area contributed by atoms with E-state index in [4.69, 9.17) is 4.42 Å². The van der Waals surface area contributed by atoms with Gasteiger partial charge in [-0.05, 0) is 60.1 Å². The number of nitrogens with one attached hydrogen (secondary N) is 1. The molecule has 0 radical (unpaired) electrons. The van der Waals surface area contributed by atoms with Crippen LogP contribution in [0.1, 0.15) is 19.6 Å². The SMILES string of the molecule is CCN(CC)c1ccc(NCc2occc2Br)cc1. The Hall–Kier alpha value is -1.42. The molecular formula is C15H19BrN2O. The third-order valence-corrected chi connectivity index (χ3v) is 3.85. The van der Waals surface area contributed by atoms with Crippen molar-refractivity contribution < 1.29 is 4.42 Å². The first-order valence-corrected chi connectivity index (χ1v) is 7.34. The molecule has 0 saturated heterocycles. The van der Waals surface area contributed by atoms with Crippen molar-refractivity contribution >= 4 is 27.3 Å². The van der Waals surface area contributed by atoms with Gasteiger partial charge in [0.05, 0.1) is 17.3 Å². The molecule has 102 valence electrons. The molecule has 1 N–H and O–H groups in total. The van der Waals surface area contributed by atoms with E-state index in [1.165, 1.54) is 5.69 Å². The summed E-state index contributed by atoms with van der Waals surface area (Å²) in [5, 5.41) is 3.35. The summed E-state index contributed by atoms with van der Waals surface area (Å²) in [6, 6.07) is 10.4. The second-order valence-electron chi connectivity index (χ2n) is 4.26. The Morgan fingerprint density at radius 1 is 1.11 bits per heavy atom. The van der Waals surface area contributed by atoms with E-state index in [0.717, 1.165) is 29.0 Å². The van der Waals surface area contributed by atoms with Crippen molar-refractivity contribution in [2.75, 3.05) is 23.3 Å². The van der Waals surface area contributed by atoms with E-state index < -0.39 is 0 Å². The average molecular weight is 323 g/mol. The maximum absolute atomic E-state index is 5.37. The molecule has 19 heavy (non-hydrogen) atoms. The van der Waals surface area contributed by atoms with Gasteiger partial charge in [-0.2, -0.15) is 0 Å². The number of rotatable bonds is 6. The minimum Gasteiger partial charge on any atom is -0.466 e. The third-order valence-electron chi connectivity index (χ3n) is 3.14. The lowest BCUT2D eigenvalue weighted by Gasteiger charge is -2.21. The maximum Gasteiger partial charge on any atom is 0.136 e. The van der Waals surface area contributed by atoms with Gasteiger partial charge in [0.25, 0.3) is 0 Å². The van der Waals surface area contributed by atoms with Crippen molar-refractivity contribution in [1.29, 1.82) is 0 Å². The van der Waals surface area contributed by atoms with Gasteiger partial charge in [-0.15, -0.1) is 0 Å². The van der Waals surface area contributed by atoms with Crippen molar-refractivity contribution in [3.8, 4) is 0 Å². The van der Waals surface area contributed by atoms with E-state index in [2.05, 4.69) is 64.3 Å². The van der Waals surface area contributed by atoms with Gasteiger partial charge in [0.1, 0.15) is 5.76 Å². The predicted octanol–water partition coefficient (Wildman–Crippen LogP) is 4.50. The van der Waals surface area contributed by atoms with Crippen molar-refractivity contribution in [2.45, 2.75) is 20.4 Å². The summed E-state index contributed by atoms with van der Waals surface area (Å²) in [5.41, 5.74) is 2.36. The number of furan rings is 1. The molecule has 1 aromatic heterocycles. The van der Waals surface area contributed by atoms with Crippen LogP contribution in [0, 0.1) is 0 Å². The molecule has 2 aromatic rings. The Labute approximate surface area is 122 Å². The fourth-order valence-electron chi connectivity index (χ4n) is 2.01. The van der Waals surface area contributed by atoms with Gasteiger partial charge in [-0.1, -0.05) is 0 Å². The predicted molar refractivity (Wildman–Crippen MR) is 83.7 cm³/mol. The van der Waals surface area contributed by atoms with Crippen molar-refractivity contribution in [3.63, 3.8) is 0 Å². The fraction of sp³-hybridized carbons (Fsp3) is 0.333. The molecule has 0 saturated carbocycles. The van der Waals surface area contributed by atoms with Gasteiger partial charge in [0.2, 0.25) is 0 Å². The monoisotopic (exact) mass is 322 g/mol. The molecule has 2 rings (SSSR count). The second-order valence-corrected chi connectivity index (χ2v) is 5.12. The molecule has 0 aliphatic rings. The summed E-state index contributed by atoms with van der Waals surface area (Å²) in [7, 11) is 0. The van der Waals surface area contributed by atoms with Gasteiger partial charge < -0.3 is 14.6 Å². The average Bonchev–Trinajstić information content (AvgIpc) is 2.85. The van der Waals surface area contributed by atoms with Crippen LogP contribution in [0.3, 0.4) is 0 Å². The zero-order valence-corrected chi connectivity index (χ0v) is 12.9. The Kier molecular flexibility index (Phi) is 4.91. The molecule has 4 heteroatoms.